The number of anilines is 3. The molecular formula is C20H23BrN8. The van der Waals surface area contributed by atoms with E-state index < -0.39 is 0 Å². The molecule has 0 amide bonds. The summed E-state index contributed by atoms with van der Waals surface area (Å²) in [5, 5.41) is 10.3. The molecule has 0 saturated carbocycles. The first kappa shape index (κ1) is 19.5. The Bertz CT molecular complexity index is 990. The molecule has 1 aliphatic heterocycles. The van der Waals surface area contributed by atoms with Gasteiger partial charge in [-0.05, 0) is 37.7 Å². The number of aryl methyl sites for hydroxylation is 1. The number of benzene rings is 1. The fraction of sp³-hybridized carbons (Fsp3) is 0.300. The quantitative estimate of drug-likeness (QED) is 0.611. The van der Waals surface area contributed by atoms with Gasteiger partial charge >= 0.3 is 0 Å². The van der Waals surface area contributed by atoms with Crippen molar-refractivity contribution in [3.63, 3.8) is 0 Å². The van der Waals surface area contributed by atoms with Gasteiger partial charge in [-0.1, -0.05) is 34.1 Å². The number of hydrogen-bond acceptors (Lipinski definition) is 7. The molecule has 1 aromatic carbocycles. The first-order chi connectivity index (χ1) is 14.0. The van der Waals surface area contributed by atoms with Gasteiger partial charge in [0.1, 0.15) is 0 Å². The van der Waals surface area contributed by atoms with Crippen LogP contribution in [0.2, 0.25) is 0 Å². The van der Waals surface area contributed by atoms with Crippen LogP contribution in [0, 0.1) is 6.92 Å². The Hall–Kier alpha value is -2.78. The number of likely N-dealkylation sites (N-methyl/N-ethyl adjacent to an activating group) is 1. The Balaban J connectivity index is 1.62. The predicted molar refractivity (Wildman–Crippen MR) is 119 cm³/mol. The van der Waals surface area contributed by atoms with Gasteiger partial charge in [0, 0.05) is 42.4 Å². The van der Waals surface area contributed by atoms with Crippen molar-refractivity contribution in [3.05, 3.63) is 51.9 Å². The van der Waals surface area contributed by atoms with E-state index in [1.807, 2.05) is 49.4 Å². The van der Waals surface area contributed by atoms with Gasteiger partial charge < -0.3 is 15.1 Å². The van der Waals surface area contributed by atoms with Crippen molar-refractivity contribution < 1.29 is 0 Å². The van der Waals surface area contributed by atoms with Crippen LogP contribution in [0.4, 0.5) is 17.7 Å². The second-order valence-corrected chi connectivity index (χ2v) is 7.97. The molecule has 1 saturated heterocycles. The third-order valence-corrected chi connectivity index (χ3v) is 5.20. The van der Waals surface area contributed by atoms with Crippen LogP contribution in [0.15, 0.2) is 34.8 Å². The molecule has 0 unspecified atom stereocenters. The molecule has 3 heterocycles. The van der Waals surface area contributed by atoms with E-state index in [1.165, 1.54) is 0 Å². The number of aromatic nitrogens is 5. The summed E-state index contributed by atoms with van der Waals surface area (Å²) in [7, 11) is 2.13. The summed E-state index contributed by atoms with van der Waals surface area (Å²) in [5.41, 5.74) is 2.04. The SMILES string of the molecule is Cc1cc(Nc2nc(/C=C/c3ccc(Br)cc3)nc(N3CCN(C)CC3)n2)n[nH]1. The van der Waals surface area contributed by atoms with E-state index >= 15 is 0 Å². The topological polar surface area (TPSA) is 85.9 Å². The van der Waals surface area contributed by atoms with Gasteiger partial charge in [0.05, 0.1) is 0 Å². The van der Waals surface area contributed by atoms with Crippen LogP contribution >= 0.6 is 15.9 Å². The van der Waals surface area contributed by atoms with Gasteiger partial charge in [-0.25, -0.2) is 0 Å². The van der Waals surface area contributed by atoms with E-state index in [0.29, 0.717) is 23.5 Å². The van der Waals surface area contributed by atoms with Crippen LogP contribution in [0.3, 0.4) is 0 Å². The zero-order valence-electron chi connectivity index (χ0n) is 16.4. The van der Waals surface area contributed by atoms with E-state index in [1.54, 1.807) is 0 Å². The zero-order chi connectivity index (χ0) is 20.2. The minimum absolute atomic E-state index is 0.482. The van der Waals surface area contributed by atoms with Gasteiger partial charge in [-0.15, -0.1) is 0 Å². The van der Waals surface area contributed by atoms with E-state index in [2.05, 4.69) is 63.2 Å². The lowest BCUT2D eigenvalue weighted by Crippen LogP contribution is -2.45. The highest BCUT2D eigenvalue weighted by Crippen LogP contribution is 2.18. The van der Waals surface area contributed by atoms with Crippen LogP contribution < -0.4 is 10.2 Å². The van der Waals surface area contributed by atoms with Crippen molar-refractivity contribution in [3.8, 4) is 0 Å². The van der Waals surface area contributed by atoms with Crippen LogP contribution in [0.25, 0.3) is 12.2 Å². The Morgan fingerprint density at radius 3 is 2.48 bits per heavy atom. The molecule has 4 rings (SSSR count). The first-order valence-corrected chi connectivity index (χ1v) is 10.3. The third kappa shape index (κ3) is 5.18. The van der Waals surface area contributed by atoms with Crippen molar-refractivity contribution in [2.24, 2.45) is 0 Å². The summed E-state index contributed by atoms with van der Waals surface area (Å²) in [4.78, 5) is 18.4. The van der Waals surface area contributed by atoms with Crippen molar-refractivity contribution in [1.82, 2.24) is 30.0 Å². The van der Waals surface area contributed by atoms with E-state index in [9.17, 15) is 0 Å². The molecule has 0 spiro atoms. The van der Waals surface area contributed by atoms with E-state index in [4.69, 9.17) is 0 Å². The normalized spacial score (nSPS) is 15.2. The fourth-order valence-corrected chi connectivity index (χ4v) is 3.26. The average molecular weight is 455 g/mol. The van der Waals surface area contributed by atoms with Gasteiger partial charge in [-0.2, -0.15) is 20.1 Å². The average Bonchev–Trinajstić information content (AvgIpc) is 3.12. The number of nitrogens with one attached hydrogen (secondary N) is 2. The Labute approximate surface area is 178 Å². The zero-order valence-corrected chi connectivity index (χ0v) is 18.0. The molecule has 1 aliphatic rings. The van der Waals surface area contributed by atoms with E-state index in [-0.39, 0.29) is 0 Å². The molecular weight excluding hydrogens is 432 g/mol. The van der Waals surface area contributed by atoms with Crippen LogP contribution in [0.5, 0.6) is 0 Å². The molecule has 1 fully saturated rings. The minimum atomic E-state index is 0.482. The lowest BCUT2D eigenvalue weighted by Gasteiger charge is -2.32. The van der Waals surface area contributed by atoms with Gasteiger partial charge in [-0.3, -0.25) is 5.10 Å². The number of piperazine rings is 1. The largest absolute Gasteiger partial charge is 0.338 e. The van der Waals surface area contributed by atoms with Crippen LogP contribution in [-0.2, 0) is 0 Å². The molecule has 0 atom stereocenters. The molecule has 0 radical (unpaired) electrons. The molecule has 0 bridgehead atoms. The second kappa shape index (κ2) is 8.71. The number of H-pyrrole nitrogens is 1. The summed E-state index contributed by atoms with van der Waals surface area (Å²) in [5.74, 6) is 2.45. The van der Waals surface area contributed by atoms with Crippen molar-refractivity contribution >= 4 is 45.8 Å². The molecule has 150 valence electrons. The number of nitrogens with zero attached hydrogens (tertiary/aromatic N) is 6. The smallest absolute Gasteiger partial charge is 0.233 e. The minimum Gasteiger partial charge on any atom is -0.338 e. The lowest BCUT2D eigenvalue weighted by atomic mass is 10.2. The highest BCUT2D eigenvalue weighted by molar-refractivity contribution is 9.10. The number of halogens is 1. The fourth-order valence-electron chi connectivity index (χ4n) is 3.00. The van der Waals surface area contributed by atoms with Crippen molar-refractivity contribution in [2.75, 3.05) is 43.4 Å². The van der Waals surface area contributed by atoms with E-state index in [0.717, 1.165) is 41.9 Å². The maximum Gasteiger partial charge on any atom is 0.233 e. The molecule has 2 aromatic heterocycles. The second-order valence-electron chi connectivity index (χ2n) is 7.05. The highest BCUT2D eigenvalue weighted by atomic mass is 79.9. The number of aromatic amines is 1. The molecule has 29 heavy (non-hydrogen) atoms. The van der Waals surface area contributed by atoms with Crippen molar-refractivity contribution in [1.29, 1.82) is 0 Å². The van der Waals surface area contributed by atoms with Crippen LogP contribution in [0.1, 0.15) is 17.1 Å². The Kier molecular flexibility index (Phi) is 5.86. The summed E-state index contributed by atoms with van der Waals surface area (Å²) in [6.45, 7) is 5.69. The molecule has 0 aliphatic carbocycles. The first-order valence-electron chi connectivity index (χ1n) is 9.47. The van der Waals surface area contributed by atoms with Gasteiger partial charge in [0.15, 0.2) is 11.6 Å². The highest BCUT2D eigenvalue weighted by Gasteiger charge is 2.18. The standard InChI is InChI=1S/C20H23BrN8/c1-14-13-18(27-26-14)23-19-22-17(8-5-15-3-6-16(21)7-4-15)24-20(25-19)29-11-9-28(2)10-12-29/h3-8,13H,9-12H2,1-2H3,(H2,22,23,24,25,26,27)/b8-5+. The summed E-state index contributed by atoms with van der Waals surface area (Å²) in [6.07, 6.45) is 3.91. The summed E-state index contributed by atoms with van der Waals surface area (Å²) < 4.78 is 1.05. The maximum absolute atomic E-state index is 4.68. The molecule has 3 aromatic rings. The molecule has 8 nitrogen and oxygen atoms in total. The van der Waals surface area contributed by atoms with Crippen molar-refractivity contribution in [2.45, 2.75) is 6.92 Å². The van der Waals surface area contributed by atoms with Gasteiger partial charge in [0.25, 0.3) is 0 Å². The third-order valence-electron chi connectivity index (χ3n) is 4.67. The van der Waals surface area contributed by atoms with Crippen LogP contribution in [-0.4, -0.2) is 63.3 Å². The number of hydrogen-bond donors (Lipinski definition) is 2. The number of rotatable bonds is 5. The summed E-state index contributed by atoms with van der Waals surface area (Å²) >= 11 is 3.46. The summed E-state index contributed by atoms with van der Waals surface area (Å²) in [6, 6.07) is 10.0. The molecule has 2 N–H and O–H groups in total. The Morgan fingerprint density at radius 2 is 1.79 bits per heavy atom. The molecule has 9 heteroatoms. The maximum atomic E-state index is 4.68. The van der Waals surface area contributed by atoms with Gasteiger partial charge in [0.2, 0.25) is 11.9 Å². The lowest BCUT2D eigenvalue weighted by molar-refractivity contribution is 0.311. The monoisotopic (exact) mass is 454 g/mol. The predicted octanol–water partition coefficient (Wildman–Crippen LogP) is 3.33. The Morgan fingerprint density at radius 1 is 1.03 bits per heavy atom.